The number of urea groups is 1. The van der Waals surface area contributed by atoms with Gasteiger partial charge in [-0.05, 0) is 38.5 Å². The maximum atomic E-state index is 12.3. The van der Waals surface area contributed by atoms with Gasteiger partial charge in [0.1, 0.15) is 0 Å². The Morgan fingerprint density at radius 2 is 2.30 bits per heavy atom. The third kappa shape index (κ3) is 3.71. The minimum Gasteiger partial charge on any atom is -0.367 e. The number of benzene rings is 1. The van der Waals surface area contributed by atoms with Gasteiger partial charge in [0.15, 0.2) is 0 Å². The normalized spacial score (nSPS) is 21.6. The Balaban J connectivity index is 2.04. The number of morpholine rings is 1. The van der Waals surface area contributed by atoms with E-state index in [1.165, 1.54) is 0 Å². The van der Waals surface area contributed by atoms with E-state index >= 15 is 0 Å². The maximum absolute atomic E-state index is 12.3. The fraction of sp³-hybridized carbons (Fsp3) is 0.533. The molecule has 0 aromatic heterocycles. The third-order valence-corrected chi connectivity index (χ3v) is 3.30. The van der Waals surface area contributed by atoms with E-state index in [2.05, 4.69) is 5.32 Å². The van der Waals surface area contributed by atoms with Crippen LogP contribution < -0.4 is 11.1 Å². The molecule has 0 bridgehead atoms. The van der Waals surface area contributed by atoms with Crippen molar-refractivity contribution in [1.29, 1.82) is 0 Å². The molecule has 1 aliphatic heterocycles. The summed E-state index contributed by atoms with van der Waals surface area (Å²) in [5, 5.41) is 2.93. The van der Waals surface area contributed by atoms with Gasteiger partial charge < -0.3 is 20.7 Å². The van der Waals surface area contributed by atoms with E-state index in [1.807, 2.05) is 45.0 Å². The highest BCUT2D eigenvalue weighted by atomic mass is 16.5. The Kier molecular flexibility index (Phi) is 4.30. The quantitative estimate of drug-likeness (QED) is 0.868. The van der Waals surface area contributed by atoms with Crippen LogP contribution in [0.3, 0.4) is 0 Å². The third-order valence-electron chi connectivity index (χ3n) is 3.30. The Bertz CT molecular complexity index is 488. The molecule has 20 heavy (non-hydrogen) atoms. The average Bonchev–Trinajstić information content (AvgIpc) is 2.36. The second kappa shape index (κ2) is 5.81. The summed E-state index contributed by atoms with van der Waals surface area (Å²) in [4.78, 5) is 14.1. The Morgan fingerprint density at radius 3 is 2.95 bits per heavy atom. The number of carbonyl (C=O) groups is 1. The minimum absolute atomic E-state index is 0.106. The molecule has 1 unspecified atom stereocenters. The van der Waals surface area contributed by atoms with Crippen LogP contribution in [-0.4, -0.2) is 42.3 Å². The zero-order valence-electron chi connectivity index (χ0n) is 12.3. The molecule has 110 valence electrons. The van der Waals surface area contributed by atoms with Crippen molar-refractivity contribution >= 4 is 11.7 Å². The van der Waals surface area contributed by atoms with Gasteiger partial charge in [0.05, 0.1) is 18.2 Å². The molecule has 2 amide bonds. The molecule has 3 N–H and O–H groups in total. The maximum Gasteiger partial charge on any atom is 0.322 e. The Labute approximate surface area is 120 Å². The lowest BCUT2D eigenvalue weighted by atomic mass is 10.1. The lowest BCUT2D eigenvalue weighted by Gasteiger charge is -2.42. The van der Waals surface area contributed by atoms with Crippen LogP contribution in [-0.2, 0) is 4.74 Å². The molecule has 1 aliphatic rings. The average molecular weight is 277 g/mol. The van der Waals surface area contributed by atoms with E-state index < -0.39 is 0 Å². The van der Waals surface area contributed by atoms with E-state index in [9.17, 15) is 4.79 Å². The molecule has 1 heterocycles. The molecule has 5 heteroatoms. The predicted molar refractivity (Wildman–Crippen MR) is 79.8 cm³/mol. The smallest absolute Gasteiger partial charge is 0.322 e. The van der Waals surface area contributed by atoms with Gasteiger partial charge >= 0.3 is 6.03 Å². The van der Waals surface area contributed by atoms with Crippen LogP contribution in [0.4, 0.5) is 10.5 Å². The van der Waals surface area contributed by atoms with Gasteiger partial charge in [0.25, 0.3) is 0 Å². The number of rotatable bonds is 2. The summed E-state index contributed by atoms with van der Waals surface area (Å²) in [6, 6.07) is 7.65. The summed E-state index contributed by atoms with van der Waals surface area (Å²) in [7, 11) is 0. The SMILES string of the molecule is Cc1cccc(NC(=O)N2CC(CN)OC(C)(C)C2)c1. The standard InChI is InChI=1S/C15H23N3O2/c1-11-5-4-6-12(7-11)17-14(19)18-9-13(8-16)20-15(2,3)10-18/h4-7,13H,8-10,16H2,1-3H3,(H,17,19). The van der Waals surface area contributed by atoms with Crippen LogP contribution in [0.25, 0.3) is 0 Å². The number of ether oxygens (including phenoxy) is 1. The fourth-order valence-corrected chi connectivity index (χ4v) is 2.50. The summed E-state index contributed by atoms with van der Waals surface area (Å²) >= 11 is 0. The molecule has 1 aromatic carbocycles. The number of anilines is 1. The van der Waals surface area contributed by atoms with Gasteiger partial charge in [-0.25, -0.2) is 4.79 Å². The topological polar surface area (TPSA) is 67.6 Å². The highest BCUT2D eigenvalue weighted by Crippen LogP contribution is 2.21. The summed E-state index contributed by atoms with van der Waals surface area (Å²) in [6.45, 7) is 7.44. The monoisotopic (exact) mass is 277 g/mol. The number of amides is 2. The van der Waals surface area contributed by atoms with Crippen LogP contribution in [0, 0.1) is 6.92 Å². The number of hydrogen-bond acceptors (Lipinski definition) is 3. The van der Waals surface area contributed by atoms with Crippen molar-refractivity contribution in [2.24, 2.45) is 5.73 Å². The first kappa shape index (κ1) is 14.8. The van der Waals surface area contributed by atoms with Crippen LogP contribution in [0.1, 0.15) is 19.4 Å². The van der Waals surface area contributed by atoms with E-state index in [4.69, 9.17) is 10.5 Å². The van der Waals surface area contributed by atoms with Gasteiger partial charge in [-0.3, -0.25) is 0 Å². The molecule has 1 fully saturated rings. The summed E-state index contributed by atoms with van der Waals surface area (Å²) < 4.78 is 5.83. The van der Waals surface area contributed by atoms with Gasteiger partial charge in [-0.15, -0.1) is 0 Å². The van der Waals surface area contributed by atoms with Crippen LogP contribution in [0.5, 0.6) is 0 Å². The number of nitrogens with zero attached hydrogens (tertiary/aromatic N) is 1. The van der Waals surface area contributed by atoms with Crippen molar-refractivity contribution in [3.8, 4) is 0 Å². The summed E-state index contributed by atoms with van der Waals surface area (Å²) in [5.74, 6) is 0. The van der Waals surface area contributed by atoms with E-state index in [-0.39, 0.29) is 17.7 Å². The molecular weight excluding hydrogens is 254 g/mol. The molecule has 0 radical (unpaired) electrons. The van der Waals surface area contributed by atoms with Crippen molar-refractivity contribution in [2.45, 2.75) is 32.5 Å². The largest absolute Gasteiger partial charge is 0.367 e. The van der Waals surface area contributed by atoms with Gasteiger partial charge in [-0.1, -0.05) is 12.1 Å². The lowest BCUT2D eigenvalue weighted by Crippen LogP contribution is -2.57. The molecule has 0 aliphatic carbocycles. The number of aryl methyl sites for hydroxylation is 1. The Morgan fingerprint density at radius 1 is 1.55 bits per heavy atom. The van der Waals surface area contributed by atoms with E-state index in [0.717, 1.165) is 11.3 Å². The van der Waals surface area contributed by atoms with Crippen LogP contribution in [0.15, 0.2) is 24.3 Å². The number of carbonyl (C=O) groups excluding carboxylic acids is 1. The molecule has 0 spiro atoms. The van der Waals surface area contributed by atoms with E-state index in [0.29, 0.717) is 19.6 Å². The molecule has 1 aromatic rings. The molecule has 1 atom stereocenters. The first-order valence-corrected chi connectivity index (χ1v) is 6.90. The second-order valence-corrected chi connectivity index (χ2v) is 5.92. The Hall–Kier alpha value is -1.59. The molecule has 2 rings (SSSR count). The zero-order valence-corrected chi connectivity index (χ0v) is 12.3. The lowest BCUT2D eigenvalue weighted by molar-refractivity contribution is -0.119. The summed E-state index contributed by atoms with van der Waals surface area (Å²) in [5.41, 5.74) is 7.23. The van der Waals surface area contributed by atoms with Crippen molar-refractivity contribution in [2.75, 3.05) is 25.0 Å². The highest BCUT2D eigenvalue weighted by Gasteiger charge is 2.35. The first-order valence-electron chi connectivity index (χ1n) is 6.90. The number of hydrogen-bond donors (Lipinski definition) is 2. The van der Waals surface area contributed by atoms with Crippen LogP contribution >= 0.6 is 0 Å². The highest BCUT2D eigenvalue weighted by molar-refractivity contribution is 5.89. The number of nitrogens with two attached hydrogens (primary N) is 1. The van der Waals surface area contributed by atoms with Gasteiger partial charge in [-0.2, -0.15) is 0 Å². The van der Waals surface area contributed by atoms with Crippen molar-refractivity contribution in [1.82, 2.24) is 4.90 Å². The first-order chi connectivity index (χ1) is 9.39. The minimum atomic E-state index is -0.369. The molecular formula is C15H23N3O2. The zero-order chi connectivity index (χ0) is 14.8. The van der Waals surface area contributed by atoms with Gasteiger partial charge in [0, 0.05) is 18.8 Å². The van der Waals surface area contributed by atoms with Gasteiger partial charge in [0.2, 0.25) is 0 Å². The molecule has 1 saturated heterocycles. The predicted octanol–water partition coefficient (Wildman–Crippen LogP) is 1.97. The second-order valence-electron chi connectivity index (χ2n) is 5.92. The molecule has 5 nitrogen and oxygen atoms in total. The van der Waals surface area contributed by atoms with Crippen LogP contribution in [0.2, 0.25) is 0 Å². The fourth-order valence-electron chi connectivity index (χ4n) is 2.50. The van der Waals surface area contributed by atoms with Crippen molar-refractivity contribution < 1.29 is 9.53 Å². The number of nitrogens with one attached hydrogen (secondary N) is 1. The molecule has 0 saturated carbocycles. The van der Waals surface area contributed by atoms with Crippen molar-refractivity contribution in [3.05, 3.63) is 29.8 Å². The summed E-state index contributed by atoms with van der Waals surface area (Å²) in [6.07, 6.45) is -0.109. The van der Waals surface area contributed by atoms with Crippen molar-refractivity contribution in [3.63, 3.8) is 0 Å². The van der Waals surface area contributed by atoms with E-state index in [1.54, 1.807) is 4.90 Å².